The summed E-state index contributed by atoms with van der Waals surface area (Å²) in [5, 5.41) is 0. The topological polar surface area (TPSA) is 55.6 Å². The number of carbonyl (C=O) groups is 1. The van der Waals surface area contributed by atoms with Gasteiger partial charge in [-0.25, -0.2) is 0 Å². The molecule has 0 bridgehead atoms. The first-order valence-corrected chi connectivity index (χ1v) is 5.52. The standard InChI is InChI=1S/C12H20N2O2/c1-3-7-14(8-4-2)11(15)12(13)5-9-16-10-6-12/h3-4H,1-2,5-10,13H2. The minimum absolute atomic E-state index is 0.0319. The van der Waals surface area contributed by atoms with Crippen molar-refractivity contribution < 1.29 is 9.53 Å². The number of hydrogen-bond acceptors (Lipinski definition) is 3. The summed E-state index contributed by atoms with van der Waals surface area (Å²) in [6.45, 7) is 9.40. The van der Waals surface area contributed by atoms with Gasteiger partial charge in [0.15, 0.2) is 0 Å². The van der Waals surface area contributed by atoms with E-state index < -0.39 is 5.54 Å². The van der Waals surface area contributed by atoms with Gasteiger partial charge in [0, 0.05) is 26.3 Å². The van der Waals surface area contributed by atoms with E-state index in [9.17, 15) is 4.79 Å². The highest BCUT2D eigenvalue weighted by Crippen LogP contribution is 2.20. The van der Waals surface area contributed by atoms with Gasteiger partial charge in [-0.05, 0) is 12.8 Å². The predicted octanol–water partition coefficient (Wildman–Crippen LogP) is 0.695. The zero-order valence-corrected chi connectivity index (χ0v) is 9.65. The molecule has 2 N–H and O–H groups in total. The van der Waals surface area contributed by atoms with E-state index in [2.05, 4.69) is 13.2 Å². The largest absolute Gasteiger partial charge is 0.381 e. The van der Waals surface area contributed by atoms with Crippen LogP contribution in [0.4, 0.5) is 0 Å². The Hall–Kier alpha value is -1.13. The second-order valence-electron chi connectivity index (χ2n) is 4.06. The van der Waals surface area contributed by atoms with Gasteiger partial charge in [0.2, 0.25) is 5.91 Å². The molecule has 0 radical (unpaired) electrons. The fraction of sp³-hybridized carbons (Fsp3) is 0.583. The highest BCUT2D eigenvalue weighted by atomic mass is 16.5. The molecular formula is C12H20N2O2. The number of ether oxygens (including phenoxy) is 1. The lowest BCUT2D eigenvalue weighted by Gasteiger charge is -2.36. The molecule has 1 fully saturated rings. The lowest BCUT2D eigenvalue weighted by molar-refractivity contribution is -0.139. The quantitative estimate of drug-likeness (QED) is 0.699. The molecule has 90 valence electrons. The summed E-state index contributed by atoms with van der Waals surface area (Å²) in [7, 11) is 0. The van der Waals surface area contributed by atoms with Crippen molar-refractivity contribution in [2.45, 2.75) is 18.4 Å². The number of nitrogens with zero attached hydrogens (tertiary/aromatic N) is 1. The van der Waals surface area contributed by atoms with Crippen LogP contribution in [0, 0.1) is 0 Å². The second kappa shape index (κ2) is 5.82. The van der Waals surface area contributed by atoms with Crippen LogP contribution < -0.4 is 5.73 Å². The summed E-state index contributed by atoms with van der Waals surface area (Å²) in [6, 6.07) is 0. The van der Waals surface area contributed by atoms with E-state index in [0.29, 0.717) is 39.1 Å². The monoisotopic (exact) mass is 224 g/mol. The van der Waals surface area contributed by atoms with Gasteiger partial charge in [-0.3, -0.25) is 4.79 Å². The van der Waals surface area contributed by atoms with Crippen LogP contribution >= 0.6 is 0 Å². The summed E-state index contributed by atoms with van der Waals surface area (Å²) in [5.74, 6) is -0.0319. The maximum absolute atomic E-state index is 12.2. The van der Waals surface area contributed by atoms with Crippen molar-refractivity contribution in [2.24, 2.45) is 5.73 Å². The third-order valence-electron chi connectivity index (χ3n) is 2.80. The molecule has 1 saturated heterocycles. The lowest BCUT2D eigenvalue weighted by atomic mass is 9.89. The molecule has 1 amide bonds. The molecule has 0 saturated carbocycles. The second-order valence-corrected chi connectivity index (χ2v) is 4.06. The van der Waals surface area contributed by atoms with Crippen LogP contribution in [0.1, 0.15) is 12.8 Å². The number of amides is 1. The number of carbonyl (C=O) groups excluding carboxylic acids is 1. The molecule has 0 spiro atoms. The van der Waals surface area contributed by atoms with Gasteiger partial charge in [-0.2, -0.15) is 0 Å². The maximum atomic E-state index is 12.2. The van der Waals surface area contributed by atoms with Crippen molar-refractivity contribution in [1.82, 2.24) is 4.90 Å². The zero-order chi connectivity index (χ0) is 12.0. The third kappa shape index (κ3) is 2.93. The van der Waals surface area contributed by atoms with Crippen LogP contribution in [-0.2, 0) is 9.53 Å². The number of nitrogens with two attached hydrogens (primary N) is 1. The first-order valence-electron chi connectivity index (χ1n) is 5.52. The van der Waals surface area contributed by atoms with Crippen molar-refractivity contribution in [2.75, 3.05) is 26.3 Å². The Labute approximate surface area is 96.7 Å². The Kier molecular flexibility index (Phi) is 4.71. The normalized spacial score (nSPS) is 18.8. The van der Waals surface area contributed by atoms with E-state index in [1.807, 2.05) is 0 Å². The van der Waals surface area contributed by atoms with Gasteiger partial charge in [-0.1, -0.05) is 12.2 Å². The van der Waals surface area contributed by atoms with Gasteiger partial charge in [0.1, 0.15) is 0 Å². The summed E-state index contributed by atoms with van der Waals surface area (Å²) >= 11 is 0. The molecule has 1 rings (SSSR count). The van der Waals surface area contributed by atoms with Crippen molar-refractivity contribution in [3.8, 4) is 0 Å². The first kappa shape index (κ1) is 12.9. The Bertz CT molecular complexity index is 260. The van der Waals surface area contributed by atoms with Crippen LogP contribution in [0.25, 0.3) is 0 Å². The third-order valence-corrected chi connectivity index (χ3v) is 2.80. The average molecular weight is 224 g/mol. The Morgan fingerprint density at radius 1 is 1.31 bits per heavy atom. The summed E-state index contributed by atoms with van der Waals surface area (Å²) in [6.07, 6.45) is 4.56. The fourth-order valence-corrected chi connectivity index (χ4v) is 1.82. The number of hydrogen-bond donors (Lipinski definition) is 1. The summed E-state index contributed by atoms with van der Waals surface area (Å²) in [4.78, 5) is 13.9. The molecule has 4 heteroatoms. The molecule has 1 aliphatic rings. The fourth-order valence-electron chi connectivity index (χ4n) is 1.82. The molecule has 0 aliphatic carbocycles. The lowest BCUT2D eigenvalue weighted by Crippen LogP contribution is -2.58. The molecule has 1 heterocycles. The molecule has 1 aliphatic heterocycles. The van der Waals surface area contributed by atoms with Gasteiger partial charge in [0.05, 0.1) is 5.54 Å². The average Bonchev–Trinajstić information content (AvgIpc) is 2.29. The van der Waals surface area contributed by atoms with Crippen LogP contribution in [0.15, 0.2) is 25.3 Å². The molecule has 16 heavy (non-hydrogen) atoms. The predicted molar refractivity (Wildman–Crippen MR) is 63.9 cm³/mol. The van der Waals surface area contributed by atoms with E-state index >= 15 is 0 Å². The van der Waals surface area contributed by atoms with Crippen molar-refractivity contribution >= 4 is 5.91 Å². The van der Waals surface area contributed by atoms with Crippen LogP contribution in [0.2, 0.25) is 0 Å². The van der Waals surface area contributed by atoms with E-state index in [0.717, 1.165) is 0 Å². The SMILES string of the molecule is C=CCN(CC=C)C(=O)C1(N)CCOCC1. The Morgan fingerprint density at radius 3 is 2.25 bits per heavy atom. The molecule has 0 aromatic rings. The van der Waals surface area contributed by atoms with E-state index in [1.165, 1.54) is 0 Å². The smallest absolute Gasteiger partial charge is 0.243 e. The number of rotatable bonds is 5. The van der Waals surface area contributed by atoms with Crippen LogP contribution in [0.3, 0.4) is 0 Å². The van der Waals surface area contributed by atoms with E-state index in [-0.39, 0.29) is 5.91 Å². The summed E-state index contributed by atoms with van der Waals surface area (Å²) in [5.41, 5.74) is 5.35. The van der Waals surface area contributed by atoms with Crippen LogP contribution in [0.5, 0.6) is 0 Å². The van der Waals surface area contributed by atoms with Crippen LogP contribution in [-0.4, -0.2) is 42.6 Å². The highest BCUT2D eigenvalue weighted by molar-refractivity contribution is 5.86. The molecular weight excluding hydrogens is 204 g/mol. The first-order chi connectivity index (χ1) is 7.64. The van der Waals surface area contributed by atoms with Gasteiger partial charge in [0.25, 0.3) is 0 Å². The van der Waals surface area contributed by atoms with Gasteiger partial charge < -0.3 is 15.4 Å². The molecule has 0 aromatic carbocycles. The van der Waals surface area contributed by atoms with Crippen molar-refractivity contribution in [1.29, 1.82) is 0 Å². The molecule has 0 atom stereocenters. The highest BCUT2D eigenvalue weighted by Gasteiger charge is 2.38. The molecule has 4 nitrogen and oxygen atoms in total. The molecule has 0 aromatic heterocycles. The van der Waals surface area contributed by atoms with Gasteiger partial charge in [-0.15, -0.1) is 13.2 Å². The van der Waals surface area contributed by atoms with E-state index in [4.69, 9.17) is 10.5 Å². The van der Waals surface area contributed by atoms with E-state index in [1.54, 1.807) is 17.1 Å². The Morgan fingerprint density at radius 2 is 1.81 bits per heavy atom. The summed E-state index contributed by atoms with van der Waals surface area (Å²) < 4.78 is 5.22. The van der Waals surface area contributed by atoms with Crippen molar-refractivity contribution in [3.05, 3.63) is 25.3 Å². The maximum Gasteiger partial charge on any atom is 0.243 e. The zero-order valence-electron chi connectivity index (χ0n) is 9.65. The molecule has 0 unspecified atom stereocenters. The Balaban J connectivity index is 2.70. The van der Waals surface area contributed by atoms with Crippen molar-refractivity contribution in [3.63, 3.8) is 0 Å². The minimum Gasteiger partial charge on any atom is -0.381 e. The minimum atomic E-state index is -0.774. The van der Waals surface area contributed by atoms with Gasteiger partial charge >= 0.3 is 0 Å².